The molecule has 0 aromatic heterocycles. The third-order valence-corrected chi connectivity index (χ3v) is 6.65. The van der Waals surface area contributed by atoms with E-state index in [9.17, 15) is 8.42 Å². The van der Waals surface area contributed by atoms with Crippen molar-refractivity contribution in [2.75, 3.05) is 19.3 Å². The van der Waals surface area contributed by atoms with Crippen LogP contribution in [-0.2, 0) is 9.84 Å². The van der Waals surface area contributed by atoms with Gasteiger partial charge in [-0.2, -0.15) is 0 Å². The first-order valence-electron chi connectivity index (χ1n) is 7.73. The molecule has 3 unspecified atom stereocenters. The first kappa shape index (κ1) is 13.8. The molecule has 0 radical (unpaired) electrons. The zero-order valence-electron chi connectivity index (χ0n) is 11.8. The summed E-state index contributed by atoms with van der Waals surface area (Å²) in [5.74, 6) is 0. The molecule has 0 bridgehead atoms. The van der Waals surface area contributed by atoms with Crippen LogP contribution in [0.5, 0.6) is 0 Å². The topological polar surface area (TPSA) is 49.4 Å². The molecule has 1 N–H and O–H groups in total. The molecular weight excluding hydrogens is 260 g/mol. The van der Waals surface area contributed by atoms with Crippen molar-refractivity contribution in [2.45, 2.75) is 68.3 Å². The molecule has 3 rings (SSSR count). The monoisotopic (exact) mass is 286 g/mol. The van der Waals surface area contributed by atoms with Crippen molar-refractivity contribution in [2.24, 2.45) is 0 Å². The second-order valence-corrected chi connectivity index (χ2v) is 8.85. The van der Waals surface area contributed by atoms with Gasteiger partial charge in [-0.15, -0.1) is 0 Å². The number of rotatable bonds is 5. The summed E-state index contributed by atoms with van der Waals surface area (Å²) in [7, 11) is -2.90. The van der Waals surface area contributed by atoms with E-state index >= 15 is 0 Å². The Bertz CT molecular complexity index is 413. The smallest absolute Gasteiger partial charge is 0.151 e. The van der Waals surface area contributed by atoms with E-state index in [1.54, 1.807) is 0 Å². The summed E-state index contributed by atoms with van der Waals surface area (Å²) >= 11 is 0. The molecular formula is C14H26N2O2S. The molecule has 0 spiro atoms. The Morgan fingerprint density at radius 2 is 1.89 bits per heavy atom. The summed E-state index contributed by atoms with van der Waals surface area (Å²) in [4.78, 5) is 2.54. The van der Waals surface area contributed by atoms with Gasteiger partial charge in [-0.3, -0.25) is 4.90 Å². The molecule has 4 nitrogen and oxygen atoms in total. The molecule has 3 fully saturated rings. The van der Waals surface area contributed by atoms with Gasteiger partial charge in [0.1, 0.15) is 0 Å². The molecule has 1 aliphatic heterocycles. The predicted molar refractivity (Wildman–Crippen MR) is 77.0 cm³/mol. The highest BCUT2D eigenvalue weighted by atomic mass is 32.2. The van der Waals surface area contributed by atoms with Gasteiger partial charge in [-0.25, -0.2) is 8.42 Å². The number of hydrogen-bond donors (Lipinski definition) is 1. The summed E-state index contributed by atoms with van der Waals surface area (Å²) in [6.45, 7) is 2.19. The molecule has 1 heterocycles. The van der Waals surface area contributed by atoms with Gasteiger partial charge in [0.2, 0.25) is 0 Å². The lowest BCUT2D eigenvalue weighted by Crippen LogP contribution is -2.49. The van der Waals surface area contributed by atoms with Crippen LogP contribution < -0.4 is 5.32 Å². The maximum absolute atomic E-state index is 12.0. The highest BCUT2D eigenvalue weighted by molar-refractivity contribution is 7.91. The zero-order chi connectivity index (χ0) is 13.5. The summed E-state index contributed by atoms with van der Waals surface area (Å²) in [5.41, 5.74) is 0. The minimum atomic E-state index is -2.90. The summed E-state index contributed by atoms with van der Waals surface area (Å²) in [5, 5.41) is 3.44. The summed E-state index contributed by atoms with van der Waals surface area (Å²) in [6, 6.07) is 1.53. The van der Waals surface area contributed by atoms with E-state index in [4.69, 9.17) is 0 Å². The number of nitrogens with zero attached hydrogens (tertiary/aromatic N) is 1. The molecule has 2 aliphatic carbocycles. The van der Waals surface area contributed by atoms with Crippen LogP contribution in [0.2, 0.25) is 0 Å². The fraction of sp³-hybridized carbons (Fsp3) is 1.00. The average Bonchev–Trinajstić information content (AvgIpc) is 2.87. The van der Waals surface area contributed by atoms with Crippen LogP contribution >= 0.6 is 0 Å². The fourth-order valence-corrected chi connectivity index (χ4v) is 5.37. The highest BCUT2D eigenvalue weighted by Crippen LogP contribution is 2.37. The van der Waals surface area contributed by atoms with Gasteiger partial charge in [0.15, 0.2) is 9.84 Å². The van der Waals surface area contributed by atoms with E-state index in [2.05, 4.69) is 10.2 Å². The van der Waals surface area contributed by atoms with Crippen molar-refractivity contribution in [1.82, 2.24) is 10.2 Å². The molecule has 0 aromatic rings. The van der Waals surface area contributed by atoms with Gasteiger partial charge in [-0.1, -0.05) is 6.42 Å². The van der Waals surface area contributed by atoms with Gasteiger partial charge in [0, 0.05) is 30.9 Å². The van der Waals surface area contributed by atoms with Crippen LogP contribution in [-0.4, -0.2) is 56.0 Å². The summed E-state index contributed by atoms with van der Waals surface area (Å²) < 4.78 is 24.0. The molecule has 19 heavy (non-hydrogen) atoms. The lowest BCUT2D eigenvalue weighted by Gasteiger charge is -2.34. The van der Waals surface area contributed by atoms with E-state index < -0.39 is 9.84 Å². The van der Waals surface area contributed by atoms with Crippen LogP contribution in [0.25, 0.3) is 0 Å². The van der Waals surface area contributed by atoms with Crippen molar-refractivity contribution >= 4 is 9.84 Å². The van der Waals surface area contributed by atoms with Crippen molar-refractivity contribution in [1.29, 1.82) is 0 Å². The van der Waals surface area contributed by atoms with Crippen molar-refractivity contribution in [3.8, 4) is 0 Å². The Morgan fingerprint density at radius 1 is 1.11 bits per heavy atom. The molecule has 0 amide bonds. The lowest BCUT2D eigenvalue weighted by molar-refractivity contribution is 0.173. The van der Waals surface area contributed by atoms with E-state index in [-0.39, 0.29) is 11.3 Å². The maximum Gasteiger partial charge on any atom is 0.151 e. The van der Waals surface area contributed by atoms with Gasteiger partial charge in [-0.05, 0) is 45.1 Å². The Labute approximate surface area is 116 Å². The molecule has 0 aromatic carbocycles. The molecule has 1 saturated heterocycles. The molecule has 3 aliphatic rings. The largest absolute Gasteiger partial charge is 0.313 e. The Morgan fingerprint density at radius 3 is 2.47 bits per heavy atom. The van der Waals surface area contributed by atoms with Crippen LogP contribution in [0.3, 0.4) is 0 Å². The van der Waals surface area contributed by atoms with Gasteiger partial charge >= 0.3 is 0 Å². The first-order chi connectivity index (χ1) is 9.05. The number of sulfone groups is 1. The van der Waals surface area contributed by atoms with Crippen LogP contribution in [0.4, 0.5) is 0 Å². The van der Waals surface area contributed by atoms with Crippen LogP contribution in [0, 0.1) is 0 Å². The minimum absolute atomic E-state index is 0.116. The standard InChI is InChI=1S/C14H26N2O2S/c1-19(17,18)14-6-2-5-13(14)16(12-7-8-12)10-11-4-3-9-15-11/h11-15H,2-10H2,1H3. The molecule has 3 atom stereocenters. The Balaban J connectivity index is 1.71. The minimum Gasteiger partial charge on any atom is -0.313 e. The van der Waals surface area contributed by atoms with Crippen LogP contribution in [0.1, 0.15) is 44.9 Å². The average molecular weight is 286 g/mol. The third kappa shape index (κ3) is 3.14. The molecule has 2 saturated carbocycles. The Hall–Kier alpha value is -0.130. The fourth-order valence-electron chi connectivity index (χ4n) is 3.91. The predicted octanol–water partition coefficient (Wildman–Crippen LogP) is 1.17. The maximum atomic E-state index is 12.0. The first-order valence-corrected chi connectivity index (χ1v) is 9.69. The zero-order valence-corrected chi connectivity index (χ0v) is 12.7. The summed E-state index contributed by atoms with van der Waals surface area (Å²) in [6.07, 6.45) is 9.48. The number of hydrogen-bond acceptors (Lipinski definition) is 4. The highest BCUT2D eigenvalue weighted by Gasteiger charge is 2.44. The van der Waals surface area contributed by atoms with Gasteiger partial charge in [0.25, 0.3) is 0 Å². The van der Waals surface area contributed by atoms with Crippen LogP contribution in [0.15, 0.2) is 0 Å². The molecule has 5 heteroatoms. The Kier molecular flexibility index (Phi) is 3.89. The third-order valence-electron chi connectivity index (χ3n) is 5.00. The normalized spacial score (nSPS) is 36.2. The quantitative estimate of drug-likeness (QED) is 0.824. The van der Waals surface area contributed by atoms with E-state index in [0.717, 1.165) is 32.4 Å². The number of nitrogens with one attached hydrogen (secondary N) is 1. The molecule has 110 valence electrons. The van der Waals surface area contributed by atoms with Crippen molar-refractivity contribution in [3.05, 3.63) is 0 Å². The second kappa shape index (κ2) is 5.34. The van der Waals surface area contributed by atoms with E-state index in [1.165, 1.54) is 31.9 Å². The van der Waals surface area contributed by atoms with E-state index in [0.29, 0.717) is 12.1 Å². The van der Waals surface area contributed by atoms with E-state index in [1.807, 2.05) is 0 Å². The van der Waals surface area contributed by atoms with Gasteiger partial charge < -0.3 is 5.32 Å². The van der Waals surface area contributed by atoms with Gasteiger partial charge in [0.05, 0.1) is 5.25 Å². The second-order valence-electron chi connectivity index (χ2n) is 6.59. The lowest BCUT2D eigenvalue weighted by atomic mass is 10.1. The van der Waals surface area contributed by atoms with Crippen molar-refractivity contribution < 1.29 is 8.42 Å². The van der Waals surface area contributed by atoms with Crippen molar-refractivity contribution in [3.63, 3.8) is 0 Å². The SMILES string of the molecule is CS(=O)(=O)C1CCCC1N(CC1CCCN1)C1CC1.